The molecular weight excluding hydrogens is 576 g/mol. The molecule has 0 aliphatic carbocycles. The van der Waals surface area contributed by atoms with Crippen molar-refractivity contribution in [3.63, 3.8) is 0 Å². The Morgan fingerprint density at radius 3 is 0.674 bits per heavy atom. The highest BCUT2D eigenvalue weighted by Crippen LogP contribution is 2.17. The first-order valence-corrected chi connectivity index (χ1v) is 16.4. The summed E-state index contributed by atoms with van der Waals surface area (Å²) >= 11 is 0. The number of rotatable bonds is 12. The molecule has 0 radical (unpaired) electrons. The fraction of sp³-hybridized carbons (Fsp3) is 0.368. The minimum Gasteiger partial charge on any atom is -0.508 e. The molecule has 256 valence electrons. The van der Waals surface area contributed by atoms with Crippen LogP contribution in [0.2, 0.25) is 0 Å². The van der Waals surface area contributed by atoms with E-state index in [2.05, 4.69) is 21.3 Å². The Balaban J connectivity index is 0. The van der Waals surface area contributed by atoms with E-state index in [9.17, 15) is 20.4 Å². The van der Waals surface area contributed by atoms with Crippen LogP contribution in [0.4, 0.5) is 0 Å². The van der Waals surface area contributed by atoms with Gasteiger partial charge in [0, 0.05) is 61.8 Å². The van der Waals surface area contributed by atoms with Crippen molar-refractivity contribution in [3.8, 4) is 23.0 Å². The maximum Gasteiger partial charge on any atom is 0.120 e. The first-order valence-electron chi connectivity index (χ1n) is 16.4. The molecule has 4 aromatic rings. The predicted molar refractivity (Wildman–Crippen MR) is 195 cm³/mol. The van der Waals surface area contributed by atoms with E-state index in [1.54, 1.807) is 48.5 Å². The molecule has 0 aliphatic rings. The smallest absolute Gasteiger partial charge is 0.120 e. The zero-order valence-corrected chi connectivity index (χ0v) is 29.3. The minimum absolute atomic E-state index is 0.302. The molecule has 46 heavy (non-hydrogen) atoms. The average molecular weight is 637 g/mol. The summed E-state index contributed by atoms with van der Waals surface area (Å²) in [7, 11) is 0. The second-order valence-corrected chi connectivity index (χ2v) is 8.58. The summed E-state index contributed by atoms with van der Waals surface area (Å²) in [5.41, 5.74) is 3.47. The summed E-state index contributed by atoms with van der Waals surface area (Å²) in [6.07, 6.45) is 0. The average Bonchev–Trinajstić information content (AvgIpc) is 3.11. The Morgan fingerprint density at radius 2 is 0.500 bits per heavy atom. The summed E-state index contributed by atoms with van der Waals surface area (Å²) in [6, 6.07) is 29.0. The molecule has 0 fully saturated rings. The third-order valence-corrected chi connectivity index (χ3v) is 5.73. The normalized spacial score (nSPS) is 9.22. The second-order valence-electron chi connectivity index (χ2n) is 8.58. The molecule has 0 unspecified atom stereocenters. The molecular formula is C38H60N4O4. The maximum absolute atomic E-state index is 9.59. The van der Waals surface area contributed by atoms with Gasteiger partial charge in [0.25, 0.3) is 0 Å². The zero-order valence-electron chi connectivity index (χ0n) is 29.3. The van der Waals surface area contributed by atoms with Crippen LogP contribution in [-0.4, -0.2) is 33.8 Å². The van der Waals surface area contributed by atoms with Gasteiger partial charge in [0.2, 0.25) is 0 Å². The highest BCUT2D eigenvalue weighted by Gasteiger charge is 2.01. The van der Waals surface area contributed by atoms with Gasteiger partial charge in [0.1, 0.15) is 23.0 Å². The van der Waals surface area contributed by atoms with E-state index < -0.39 is 0 Å². The summed E-state index contributed by atoms with van der Waals surface area (Å²) in [5.74, 6) is 1.21. The number of hydrogen-bond donors (Lipinski definition) is 8. The lowest BCUT2D eigenvalue weighted by molar-refractivity contribution is 0.457. The van der Waals surface area contributed by atoms with Crippen LogP contribution in [0, 0.1) is 0 Å². The summed E-state index contributed by atoms with van der Waals surface area (Å²) in [5, 5.41) is 51.1. The fourth-order valence-corrected chi connectivity index (χ4v) is 3.61. The molecule has 0 amide bonds. The van der Waals surface area contributed by atoms with Gasteiger partial charge in [0.05, 0.1) is 0 Å². The molecule has 0 bridgehead atoms. The Morgan fingerprint density at radius 1 is 0.326 bits per heavy atom. The Kier molecular flexibility index (Phi) is 29.6. The highest BCUT2D eigenvalue weighted by molar-refractivity contribution is 5.33. The lowest BCUT2D eigenvalue weighted by Gasteiger charge is -2.09. The van der Waals surface area contributed by atoms with Gasteiger partial charge < -0.3 is 41.7 Å². The van der Waals surface area contributed by atoms with Crippen LogP contribution in [0.1, 0.15) is 77.6 Å². The number of benzene rings is 4. The fourth-order valence-electron chi connectivity index (χ4n) is 3.61. The third kappa shape index (κ3) is 19.3. The maximum atomic E-state index is 9.59. The molecule has 0 aliphatic heterocycles. The predicted octanol–water partition coefficient (Wildman–Crippen LogP) is 7.97. The summed E-state index contributed by atoms with van der Waals surface area (Å²) in [6.45, 7) is 19.6. The number of para-hydroxylation sites is 4. The van der Waals surface area contributed by atoms with Crippen LogP contribution in [-0.2, 0) is 26.2 Å². The van der Waals surface area contributed by atoms with Crippen LogP contribution in [0.25, 0.3) is 0 Å². The van der Waals surface area contributed by atoms with Crippen molar-refractivity contribution < 1.29 is 20.4 Å². The number of phenols is 4. The van der Waals surface area contributed by atoms with Gasteiger partial charge in [-0.25, -0.2) is 0 Å². The van der Waals surface area contributed by atoms with Gasteiger partial charge in [-0.1, -0.05) is 128 Å². The monoisotopic (exact) mass is 636 g/mol. The molecule has 8 nitrogen and oxygen atoms in total. The van der Waals surface area contributed by atoms with Crippen molar-refractivity contribution in [1.82, 2.24) is 21.3 Å². The van der Waals surface area contributed by atoms with Crippen molar-refractivity contribution in [1.29, 1.82) is 0 Å². The van der Waals surface area contributed by atoms with E-state index in [0.717, 1.165) is 22.3 Å². The summed E-state index contributed by atoms with van der Waals surface area (Å²) < 4.78 is 0. The Bertz CT molecular complexity index is 1060. The third-order valence-electron chi connectivity index (χ3n) is 5.73. The molecule has 0 aromatic heterocycles. The topological polar surface area (TPSA) is 129 Å². The quantitative estimate of drug-likeness (QED) is 0.0581. The van der Waals surface area contributed by atoms with Crippen molar-refractivity contribution in [2.24, 2.45) is 0 Å². The zero-order chi connectivity index (χ0) is 35.0. The molecule has 0 spiro atoms. The van der Waals surface area contributed by atoms with E-state index in [0.29, 0.717) is 62.5 Å². The molecule has 0 saturated heterocycles. The highest BCUT2D eigenvalue weighted by atomic mass is 16.3. The van der Waals surface area contributed by atoms with E-state index in [4.69, 9.17) is 0 Å². The molecule has 4 rings (SSSR count). The molecule has 8 heteroatoms. The lowest BCUT2D eigenvalue weighted by atomic mass is 10.2. The van der Waals surface area contributed by atoms with Crippen LogP contribution >= 0.6 is 0 Å². The van der Waals surface area contributed by atoms with Crippen LogP contribution in [0.15, 0.2) is 97.1 Å². The van der Waals surface area contributed by atoms with Crippen molar-refractivity contribution in [2.75, 3.05) is 13.3 Å². The van der Waals surface area contributed by atoms with Gasteiger partial charge in [-0.3, -0.25) is 0 Å². The van der Waals surface area contributed by atoms with E-state index in [1.165, 1.54) is 0 Å². The van der Waals surface area contributed by atoms with Crippen molar-refractivity contribution in [3.05, 3.63) is 119 Å². The van der Waals surface area contributed by atoms with E-state index in [1.807, 2.05) is 104 Å². The minimum atomic E-state index is 0.302. The van der Waals surface area contributed by atoms with Crippen molar-refractivity contribution in [2.45, 2.75) is 81.6 Å². The standard InChI is InChI=1S/2C15H18N2O2.4C2H6/c2*18-14-7-3-1-5-12(14)9-16-11-17-10-13-6-2-4-8-15(13)19;4*1-2/h2*1-8,16-19H,9-11H2;4*1-2H3. The van der Waals surface area contributed by atoms with Crippen LogP contribution in [0.3, 0.4) is 0 Å². The number of phenolic OH excluding ortho intramolecular Hbond substituents is 4. The molecule has 0 saturated carbocycles. The van der Waals surface area contributed by atoms with Crippen LogP contribution in [0.5, 0.6) is 23.0 Å². The van der Waals surface area contributed by atoms with E-state index >= 15 is 0 Å². The van der Waals surface area contributed by atoms with Gasteiger partial charge in [0.15, 0.2) is 0 Å². The van der Waals surface area contributed by atoms with Crippen molar-refractivity contribution >= 4 is 0 Å². The first kappa shape index (κ1) is 44.0. The van der Waals surface area contributed by atoms with Crippen LogP contribution < -0.4 is 21.3 Å². The SMILES string of the molecule is CC.CC.CC.CC.Oc1ccccc1CNCNCc1ccccc1O.Oc1ccccc1CNCNCc1ccccc1O. The Labute approximate surface area is 278 Å². The molecule has 8 N–H and O–H groups in total. The lowest BCUT2D eigenvalue weighted by Crippen LogP contribution is -2.28. The van der Waals surface area contributed by atoms with Gasteiger partial charge >= 0.3 is 0 Å². The number of nitrogens with one attached hydrogen (secondary N) is 4. The largest absolute Gasteiger partial charge is 0.508 e. The second kappa shape index (κ2) is 30.9. The number of hydrogen-bond acceptors (Lipinski definition) is 8. The van der Waals surface area contributed by atoms with Gasteiger partial charge in [-0.05, 0) is 24.3 Å². The molecule has 0 atom stereocenters. The Hall–Kier alpha value is -4.08. The molecule has 0 heterocycles. The first-order chi connectivity index (χ1) is 22.5. The molecule has 4 aromatic carbocycles. The van der Waals surface area contributed by atoms with Gasteiger partial charge in [-0.2, -0.15) is 0 Å². The number of aromatic hydroxyl groups is 4. The van der Waals surface area contributed by atoms with Gasteiger partial charge in [-0.15, -0.1) is 0 Å². The summed E-state index contributed by atoms with van der Waals surface area (Å²) in [4.78, 5) is 0. The van der Waals surface area contributed by atoms with E-state index in [-0.39, 0.29) is 0 Å².